The summed E-state index contributed by atoms with van der Waals surface area (Å²) in [5.74, 6) is -0.378. The van der Waals surface area contributed by atoms with Crippen LogP contribution in [0.3, 0.4) is 0 Å². The highest BCUT2D eigenvalue weighted by atomic mass is 16.5. The molecule has 0 aliphatic carbocycles. The Hall–Kier alpha value is -2.81. The van der Waals surface area contributed by atoms with Crippen LogP contribution in [0.15, 0.2) is 66.7 Å². The van der Waals surface area contributed by atoms with Gasteiger partial charge in [0.2, 0.25) is 0 Å². The second kappa shape index (κ2) is 6.53. The van der Waals surface area contributed by atoms with Crippen molar-refractivity contribution in [2.75, 3.05) is 0 Å². The lowest BCUT2D eigenvalue weighted by Gasteiger charge is -2.16. The first kappa shape index (κ1) is 15.1. The highest BCUT2D eigenvalue weighted by Gasteiger charge is 2.21. The normalized spacial score (nSPS) is 12.0. The van der Waals surface area contributed by atoms with Gasteiger partial charge in [-0.15, -0.1) is 0 Å². The molecule has 0 bridgehead atoms. The molecule has 0 amide bonds. The maximum atomic E-state index is 11.6. The molecule has 0 saturated carbocycles. The number of ether oxygens (including phenoxy) is 1. The van der Waals surface area contributed by atoms with Crippen LogP contribution in [0.4, 0.5) is 0 Å². The van der Waals surface area contributed by atoms with Crippen LogP contribution in [0.25, 0.3) is 10.8 Å². The Morgan fingerprint density at radius 1 is 1.04 bits per heavy atom. The fourth-order valence-electron chi connectivity index (χ4n) is 2.70. The van der Waals surface area contributed by atoms with E-state index in [2.05, 4.69) is 0 Å². The average molecular weight is 306 g/mol. The predicted octanol–water partition coefficient (Wildman–Crippen LogP) is 4.22. The minimum absolute atomic E-state index is 0.324. The summed E-state index contributed by atoms with van der Waals surface area (Å²) >= 11 is 0. The Morgan fingerprint density at radius 3 is 2.57 bits per heavy atom. The third-order valence-corrected chi connectivity index (χ3v) is 3.83. The van der Waals surface area contributed by atoms with Gasteiger partial charge in [0.15, 0.2) is 6.10 Å². The number of hydrogen-bond donors (Lipinski definition) is 1. The molecule has 116 valence electrons. The van der Waals surface area contributed by atoms with Crippen LogP contribution < -0.4 is 4.74 Å². The monoisotopic (exact) mass is 306 g/mol. The van der Waals surface area contributed by atoms with Crippen molar-refractivity contribution in [2.24, 2.45) is 0 Å². The van der Waals surface area contributed by atoms with Gasteiger partial charge in [0.05, 0.1) is 0 Å². The van der Waals surface area contributed by atoms with Crippen molar-refractivity contribution in [1.82, 2.24) is 0 Å². The second-order valence-electron chi connectivity index (χ2n) is 5.60. The summed E-state index contributed by atoms with van der Waals surface area (Å²) in [5, 5.41) is 11.7. The van der Waals surface area contributed by atoms with Gasteiger partial charge in [0, 0.05) is 6.42 Å². The highest BCUT2D eigenvalue weighted by Crippen LogP contribution is 2.22. The third kappa shape index (κ3) is 3.51. The Labute approximate surface area is 135 Å². The lowest BCUT2D eigenvalue weighted by molar-refractivity contribution is -0.145. The zero-order valence-electron chi connectivity index (χ0n) is 12.9. The SMILES string of the molecule is Cc1cccc(OC(Cc2cccc3ccccc23)C(=O)O)c1. The first-order valence-corrected chi connectivity index (χ1v) is 7.56. The van der Waals surface area contributed by atoms with Gasteiger partial charge in [0.1, 0.15) is 5.75 Å². The quantitative estimate of drug-likeness (QED) is 0.767. The minimum atomic E-state index is -0.959. The molecule has 3 aromatic rings. The van der Waals surface area contributed by atoms with E-state index in [0.29, 0.717) is 12.2 Å². The molecule has 0 aromatic heterocycles. The van der Waals surface area contributed by atoms with Crippen LogP contribution in [0.2, 0.25) is 0 Å². The number of rotatable bonds is 5. The second-order valence-corrected chi connectivity index (χ2v) is 5.60. The molecule has 1 atom stereocenters. The largest absolute Gasteiger partial charge is 0.478 e. The number of aliphatic carboxylic acids is 1. The molecular weight excluding hydrogens is 288 g/mol. The number of carboxylic acids is 1. The molecular formula is C20H18O3. The maximum absolute atomic E-state index is 11.6. The lowest BCUT2D eigenvalue weighted by atomic mass is 10.00. The summed E-state index contributed by atoms with van der Waals surface area (Å²) in [6.07, 6.45) is -0.590. The first-order valence-electron chi connectivity index (χ1n) is 7.56. The molecule has 0 fully saturated rings. The minimum Gasteiger partial charge on any atom is -0.478 e. The molecule has 0 spiro atoms. The number of aryl methyl sites for hydroxylation is 1. The van der Waals surface area contributed by atoms with E-state index in [-0.39, 0.29) is 0 Å². The van der Waals surface area contributed by atoms with Gasteiger partial charge in [-0.05, 0) is 41.0 Å². The van der Waals surface area contributed by atoms with Crippen molar-refractivity contribution in [3.05, 3.63) is 77.9 Å². The summed E-state index contributed by atoms with van der Waals surface area (Å²) in [5.41, 5.74) is 2.01. The van der Waals surface area contributed by atoms with Gasteiger partial charge >= 0.3 is 5.97 Å². The van der Waals surface area contributed by atoms with Crippen molar-refractivity contribution >= 4 is 16.7 Å². The predicted molar refractivity (Wildman–Crippen MR) is 90.9 cm³/mol. The first-order chi connectivity index (χ1) is 11.1. The average Bonchev–Trinajstić information content (AvgIpc) is 2.54. The zero-order chi connectivity index (χ0) is 16.2. The van der Waals surface area contributed by atoms with E-state index in [0.717, 1.165) is 21.9 Å². The van der Waals surface area contributed by atoms with E-state index in [1.807, 2.05) is 67.6 Å². The fourth-order valence-corrected chi connectivity index (χ4v) is 2.70. The van der Waals surface area contributed by atoms with Crippen LogP contribution in [0.1, 0.15) is 11.1 Å². The van der Waals surface area contributed by atoms with E-state index < -0.39 is 12.1 Å². The summed E-state index contributed by atoms with van der Waals surface area (Å²) < 4.78 is 5.71. The molecule has 0 saturated heterocycles. The van der Waals surface area contributed by atoms with Crippen molar-refractivity contribution in [2.45, 2.75) is 19.4 Å². The van der Waals surface area contributed by atoms with Gasteiger partial charge in [-0.2, -0.15) is 0 Å². The van der Waals surface area contributed by atoms with Gasteiger partial charge in [-0.3, -0.25) is 0 Å². The van der Waals surface area contributed by atoms with Gasteiger partial charge in [-0.1, -0.05) is 54.6 Å². The molecule has 0 aliphatic heterocycles. The van der Waals surface area contributed by atoms with Crippen LogP contribution in [0, 0.1) is 6.92 Å². The van der Waals surface area contributed by atoms with Gasteiger partial charge < -0.3 is 9.84 Å². The summed E-state index contributed by atoms with van der Waals surface area (Å²) in [6, 6.07) is 21.3. The summed E-state index contributed by atoms with van der Waals surface area (Å²) in [7, 11) is 0. The molecule has 1 unspecified atom stereocenters. The summed E-state index contributed by atoms with van der Waals surface area (Å²) in [4.78, 5) is 11.6. The molecule has 3 aromatic carbocycles. The number of hydrogen-bond acceptors (Lipinski definition) is 2. The molecule has 0 aliphatic rings. The van der Waals surface area contributed by atoms with Crippen LogP contribution in [-0.4, -0.2) is 17.2 Å². The van der Waals surface area contributed by atoms with E-state index in [1.165, 1.54) is 0 Å². The standard InChI is InChI=1S/C20H18O3/c1-14-6-4-10-17(12-14)23-19(20(21)22)13-16-9-5-8-15-7-2-3-11-18(15)16/h2-12,19H,13H2,1H3,(H,21,22). The lowest BCUT2D eigenvalue weighted by Crippen LogP contribution is -2.29. The van der Waals surface area contributed by atoms with Crippen LogP contribution >= 0.6 is 0 Å². The molecule has 0 radical (unpaired) electrons. The number of benzene rings is 3. The fraction of sp³-hybridized carbons (Fsp3) is 0.150. The molecule has 3 nitrogen and oxygen atoms in total. The van der Waals surface area contributed by atoms with Crippen molar-refractivity contribution in [3.8, 4) is 5.75 Å². The zero-order valence-corrected chi connectivity index (χ0v) is 12.9. The molecule has 1 N–H and O–H groups in total. The topological polar surface area (TPSA) is 46.5 Å². The van der Waals surface area contributed by atoms with E-state index in [4.69, 9.17) is 4.74 Å². The molecule has 23 heavy (non-hydrogen) atoms. The van der Waals surface area contributed by atoms with Gasteiger partial charge in [-0.25, -0.2) is 4.79 Å². The van der Waals surface area contributed by atoms with Crippen LogP contribution in [-0.2, 0) is 11.2 Å². The number of fused-ring (bicyclic) bond motifs is 1. The Bertz CT molecular complexity index is 834. The Morgan fingerprint density at radius 2 is 1.78 bits per heavy atom. The van der Waals surface area contributed by atoms with E-state index >= 15 is 0 Å². The van der Waals surface area contributed by atoms with Gasteiger partial charge in [0.25, 0.3) is 0 Å². The van der Waals surface area contributed by atoms with Crippen LogP contribution in [0.5, 0.6) is 5.75 Å². The highest BCUT2D eigenvalue weighted by molar-refractivity contribution is 5.86. The molecule has 3 heteroatoms. The third-order valence-electron chi connectivity index (χ3n) is 3.83. The molecule has 0 heterocycles. The maximum Gasteiger partial charge on any atom is 0.345 e. The Balaban J connectivity index is 1.88. The number of carbonyl (C=O) groups is 1. The van der Waals surface area contributed by atoms with Crippen molar-refractivity contribution in [3.63, 3.8) is 0 Å². The van der Waals surface area contributed by atoms with Crippen molar-refractivity contribution in [1.29, 1.82) is 0 Å². The summed E-state index contributed by atoms with van der Waals surface area (Å²) in [6.45, 7) is 1.95. The van der Waals surface area contributed by atoms with Crippen molar-refractivity contribution < 1.29 is 14.6 Å². The molecule has 3 rings (SSSR count). The van der Waals surface area contributed by atoms with E-state index in [1.54, 1.807) is 6.07 Å². The Kier molecular flexibility index (Phi) is 4.29. The van der Waals surface area contributed by atoms with E-state index in [9.17, 15) is 9.90 Å². The number of carboxylic acid groups (broad SMARTS) is 1. The smallest absolute Gasteiger partial charge is 0.345 e.